The van der Waals surface area contributed by atoms with Gasteiger partial charge >= 0.3 is 0 Å². The summed E-state index contributed by atoms with van der Waals surface area (Å²) in [7, 11) is 0. The number of halogens is 2. The molecule has 0 heterocycles. The van der Waals surface area contributed by atoms with Gasteiger partial charge in [0.1, 0.15) is 5.75 Å². The molecule has 122 valence electrons. The van der Waals surface area contributed by atoms with Crippen LogP contribution in [0.25, 0.3) is 0 Å². The first-order valence-electron chi connectivity index (χ1n) is 7.42. The van der Waals surface area contributed by atoms with E-state index in [1.807, 2.05) is 48.5 Å². The molecule has 3 nitrogen and oxygen atoms in total. The molecule has 3 rings (SSSR count). The lowest BCUT2D eigenvalue weighted by Crippen LogP contribution is -1.99. The van der Waals surface area contributed by atoms with Gasteiger partial charge in [-0.1, -0.05) is 41.4 Å². The molecule has 0 atom stereocenters. The Balaban J connectivity index is 1.64. The highest BCUT2D eigenvalue weighted by Crippen LogP contribution is 2.34. The molecular formula is C19H16Cl2N2O. The maximum absolute atomic E-state index is 6.11. The molecule has 0 aliphatic rings. The largest absolute Gasteiger partial charge is 0.454 e. The van der Waals surface area contributed by atoms with Crippen molar-refractivity contribution in [2.45, 2.75) is 6.54 Å². The molecule has 0 saturated carbocycles. The van der Waals surface area contributed by atoms with Crippen molar-refractivity contribution in [1.82, 2.24) is 0 Å². The minimum Gasteiger partial charge on any atom is -0.454 e. The maximum atomic E-state index is 6.11. The van der Waals surface area contributed by atoms with Crippen LogP contribution in [0.3, 0.4) is 0 Å². The minimum absolute atomic E-state index is 0.478. The molecule has 0 amide bonds. The molecule has 0 fully saturated rings. The van der Waals surface area contributed by atoms with Crippen molar-refractivity contribution >= 4 is 34.6 Å². The van der Waals surface area contributed by atoms with Gasteiger partial charge in [-0.25, -0.2) is 0 Å². The molecule has 3 N–H and O–H groups in total. The summed E-state index contributed by atoms with van der Waals surface area (Å²) in [5.74, 6) is 1.16. The highest BCUT2D eigenvalue weighted by Gasteiger charge is 2.07. The number of nitrogens with two attached hydrogens (primary N) is 1. The predicted molar refractivity (Wildman–Crippen MR) is 101 cm³/mol. The fourth-order valence-corrected chi connectivity index (χ4v) is 2.54. The molecular weight excluding hydrogens is 343 g/mol. The molecule has 3 aromatic carbocycles. The summed E-state index contributed by atoms with van der Waals surface area (Å²) in [4.78, 5) is 0. The van der Waals surface area contributed by atoms with Gasteiger partial charge in [0, 0.05) is 17.3 Å². The molecule has 5 heteroatoms. The number of hydrogen-bond donors (Lipinski definition) is 2. The summed E-state index contributed by atoms with van der Waals surface area (Å²) in [5.41, 5.74) is 8.55. The number of para-hydroxylation sites is 1. The normalized spacial score (nSPS) is 10.4. The van der Waals surface area contributed by atoms with E-state index in [0.717, 1.165) is 16.3 Å². The highest BCUT2D eigenvalue weighted by molar-refractivity contribution is 6.32. The second kappa shape index (κ2) is 7.47. The van der Waals surface area contributed by atoms with Gasteiger partial charge in [0.05, 0.1) is 10.7 Å². The van der Waals surface area contributed by atoms with E-state index in [1.165, 1.54) is 0 Å². The Morgan fingerprint density at radius 1 is 0.875 bits per heavy atom. The molecule has 0 saturated heterocycles. The Bertz CT molecular complexity index is 798. The van der Waals surface area contributed by atoms with Gasteiger partial charge in [0.25, 0.3) is 0 Å². The third-order valence-corrected chi connectivity index (χ3v) is 4.03. The lowest BCUT2D eigenvalue weighted by Gasteiger charge is -2.11. The number of benzene rings is 3. The standard InChI is InChI=1S/C19H16Cl2N2O/c20-14-6-8-15(9-7-14)23-12-13-4-10-16(11-5-13)24-19-17(21)2-1-3-18(19)22/h1-11,23H,12,22H2. The van der Waals surface area contributed by atoms with Gasteiger partial charge < -0.3 is 15.8 Å². The van der Waals surface area contributed by atoms with E-state index in [1.54, 1.807) is 18.2 Å². The van der Waals surface area contributed by atoms with E-state index < -0.39 is 0 Å². The van der Waals surface area contributed by atoms with Crippen molar-refractivity contribution in [3.8, 4) is 11.5 Å². The molecule has 0 aromatic heterocycles. The molecule has 0 spiro atoms. The lowest BCUT2D eigenvalue weighted by atomic mass is 10.2. The van der Waals surface area contributed by atoms with Gasteiger partial charge in [0.2, 0.25) is 0 Å². The molecule has 0 bridgehead atoms. The summed E-state index contributed by atoms with van der Waals surface area (Å²) in [6, 6.07) is 20.7. The summed E-state index contributed by atoms with van der Waals surface area (Å²) < 4.78 is 5.78. The third kappa shape index (κ3) is 4.13. The van der Waals surface area contributed by atoms with Crippen LogP contribution in [0.4, 0.5) is 11.4 Å². The average molecular weight is 359 g/mol. The summed E-state index contributed by atoms with van der Waals surface area (Å²) in [6.45, 7) is 0.705. The zero-order chi connectivity index (χ0) is 16.9. The Hall–Kier alpha value is -2.36. The first-order valence-corrected chi connectivity index (χ1v) is 8.17. The molecule has 24 heavy (non-hydrogen) atoms. The van der Waals surface area contributed by atoms with Crippen LogP contribution in [0.2, 0.25) is 10.0 Å². The van der Waals surface area contributed by atoms with Crippen molar-refractivity contribution in [2.24, 2.45) is 0 Å². The Morgan fingerprint density at radius 3 is 2.25 bits per heavy atom. The van der Waals surface area contributed by atoms with Crippen molar-refractivity contribution in [3.63, 3.8) is 0 Å². The second-order valence-electron chi connectivity index (χ2n) is 5.26. The lowest BCUT2D eigenvalue weighted by molar-refractivity contribution is 0.485. The van der Waals surface area contributed by atoms with Crippen LogP contribution in [0, 0.1) is 0 Å². The first-order chi connectivity index (χ1) is 11.6. The Labute approximate surface area is 151 Å². The van der Waals surface area contributed by atoms with Crippen LogP contribution in [0.1, 0.15) is 5.56 Å². The molecule has 0 aliphatic heterocycles. The average Bonchev–Trinajstić information content (AvgIpc) is 2.59. The van der Waals surface area contributed by atoms with E-state index >= 15 is 0 Å². The summed E-state index contributed by atoms with van der Waals surface area (Å²) >= 11 is 12.0. The van der Waals surface area contributed by atoms with Crippen LogP contribution in [0.5, 0.6) is 11.5 Å². The number of nitrogens with one attached hydrogen (secondary N) is 1. The van der Waals surface area contributed by atoms with Gasteiger partial charge in [-0.15, -0.1) is 0 Å². The number of rotatable bonds is 5. The van der Waals surface area contributed by atoms with Crippen molar-refractivity contribution < 1.29 is 4.74 Å². The van der Waals surface area contributed by atoms with Crippen molar-refractivity contribution in [2.75, 3.05) is 11.1 Å². The number of hydrogen-bond acceptors (Lipinski definition) is 3. The molecule has 3 aromatic rings. The van der Waals surface area contributed by atoms with Crippen LogP contribution in [-0.4, -0.2) is 0 Å². The summed E-state index contributed by atoms with van der Waals surface area (Å²) in [5, 5.41) is 4.55. The number of ether oxygens (including phenoxy) is 1. The van der Waals surface area contributed by atoms with Gasteiger partial charge in [0.15, 0.2) is 5.75 Å². The van der Waals surface area contributed by atoms with Gasteiger partial charge in [-0.3, -0.25) is 0 Å². The monoisotopic (exact) mass is 358 g/mol. The van der Waals surface area contributed by atoms with Crippen molar-refractivity contribution in [3.05, 3.63) is 82.3 Å². The fourth-order valence-electron chi connectivity index (χ4n) is 2.20. The quantitative estimate of drug-likeness (QED) is 0.551. The molecule has 0 unspecified atom stereocenters. The Kier molecular flexibility index (Phi) is 5.14. The van der Waals surface area contributed by atoms with E-state index in [2.05, 4.69) is 5.32 Å². The smallest absolute Gasteiger partial charge is 0.168 e. The highest BCUT2D eigenvalue weighted by atomic mass is 35.5. The SMILES string of the molecule is Nc1cccc(Cl)c1Oc1ccc(CNc2ccc(Cl)cc2)cc1. The third-order valence-electron chi connectivity index (χ3n) is 3.48. The van der Waals surface area contributed by atoms with Crippen LogP contribution in [0.15, 0.2) is 66.7 Å². The first kappa shape index (κ1) is 16.5. The van der Waals surface area contributed by atoms with E-state index in [9.17, 15) is 0 Å². The zero-order valence-corrected chi connectivity index (χ0v) is 14.3. The minimum atomic E-state index is 0.478. The fraction of sp³-hybridized carbons (Fsp3) is 0.0526. The van der Waals surface area contributed by atoms with E-state index in [4.69, 9.17) is 33.7 Å². The second-order valence-corrected chi connectivity index (χ2v) is 6.11. The number of anilines is 2. The molecule has 0 aliphatic carbocycles. The predicted octanol–water partition coefficient (Wildman–Crippen LogP) is 5.98. The number of nitrogen functional groups attached to an aromatic ring is 1. The van der Waals surface area contributed by atoms with Gasteiger partial charge in [-0.2, -0.15) is 0 Å². The molecule has 0 radical (unpaired) electrons. The maximum Gasteiger partial charge on any atom is 0.168 e. The Morgan fingerprint density at radius 2 is 1.58 bits per heavy atom. The van der Waals surface area contributed by atoms with Gasteiger partial charge in [-0.05, 0) is 54.1 Å². The topological polar surface area (TPSA) is 47.3 Å². The summed E-state index contributed by atoms with van der Waals surface area (Å²) in [6.07, 6.45) is 0. The zero-order valence-electron chi connectivity index (χ0n) is 12.8. The van der Waals surface area contributed by atoms with E-state index in [-0.39, 0.29) is 0 Å². The van der Waals surface area contributed by atoms with E-state index in [0.29, 0.717) is 28.8 Å². The van der Waals surface area contributed by atoms with Crippen LogP contribution < -0.4 is 15.8 Å². The van der Waals surface area contributed by atoms with Crippen molar-refractivity contribution in [1.29, 1.82) is 0 Å². The van der Waals surface area contributed by atoms with Crippen LogP contribution in [-0.2, 0) is 6.54 Å². The van der Waals surface area contributed by atoms with Crippen LogP contribution >= 0.6 is 23.2 Å².